The molecule has 1 N–H and O–H groups in total. The van der Waals surface area contributed by atoms with Crippen molar-refractivity contribution in [3.63, 3.8) is 0 Å². The average molecular weight is 225 g/mol. The summed E-state index contributed by atoms with van der Waals surface area (Å²) in [6.07, 6.45) is 0. The molecule has 0 atom stereocenters. The lowest BCUT2D eigenvalue weighted by molar-refractivity contribution is -0.126. The van der Waals surface area contributed by atoms with Gasteiger partial charge in [0, 0.05) is 10.7 Å². The van der Waals surface area contributed by atoms with E-state index in [1.807, 2.05) is 0 Å². The van der Waals surface area contributed by atoms with Crippen LogP contribution in [0.3, 0.4) is 0 Å². The Morgan fingerprint density at radius 1 is 1.27 bits per heavy atom. The summed E-state index contributed by atoms with van der Waals surface area (Å²) in [5, 5.41) is 3.29. The third-order valence-electron chi connectivity index (χ3n) is 2.12. The summed E-state index contributed by atoms with van der Waals surface area (Å²) in [5.74, 6) is 0.0845. The Balaban J connectivity index is 1.94. The minimum absolute atomic E-state index is 0.0845. The SMILES string of the molecule is O=C1CN(C(=O)Nc2ccc(Cl)cc2)C1. The molecule has 0 unspecified atom stereocenters. The number of rotatable bonds is 1. The predicted molar refractivity (Wildman–Crippen MR) is 57.1 cm³/mol. The second-order valence-electron chi connectivity index (χ2n) is 3.33. The van der Waals surface area contributed by atoms with E-state index in [0.717, 1.165) is 0 Å². The smallest absolute Gasteiger partial charge is 0.310 e. The maximum absolute atomic E-state index is 11.5. The summed E-state index contributed by atoms with van der Waals surface area (Å²) >= 11 is 5.70. The molecule has 1 aromatic rings. The van der Waals surface area contributed by atoms with E-state index in [2.05, 4.69) is 5.32 Å². The Kier molecular flexibility index (Phi) is 2.60. The summed E-state index contributed by atoms with van der Waals surface area (Å²) in [4.78, 5) is 23.6. The van der Waals surface area contributed by atoms with Crippen molar-refractivity contribution in [2.75, 3.05) is 18.4 Å². The highest BCUT2D eigenvalue weighted by molar-refractivity contribution is 6.30. The van der Waals surface area contributed by atoms with Crippen LogP contribution in [0.5, 0.6) is 0 Å². The van der Waals surface area contributed by atoms with Gasteiger partial charge in [-0.25, -0.2) is 4.79 Å². The van der Waals surface area contributed by atoms with Crippen molar-refractivity contribution in [3.8, 4) is 0 Å². The second kappa shape index (κ2) is 3.90. The number of amides is 2. The van der Waals surface area contributed by atoms with Gasteiger partial charge in [-0.3, -0.25) is 4.79 Å². The van der Waals surface area contributed by atoms with Gasteiger partial charge in [-0.15, -0.1) is 0 Å². The standard InChI is InChI=1S/C10H9ClN2O2/c11-7-1-3-8(4-2-7)12-10(15)13-5-9(14)6-13/h1-4H,5-6H2,(H,12,15). The Bertz CT molecular complexity index is 394. The van der Waals surface area contributed by atoms with Gasteiger partial charge in [0.15, 0.2) is 5.78 Å². The number of nitrogens with one attached hydrogen (secondary N) is 1. The first-order valence-electron chi connectivity index (χ1n) is 4.48. The van der Waals surface area contributed by atoms with Crippen LogP contribution in [0.2, 0.25) is 5.02 Å². The first kappa shape index (κ1) is 9.98. The van der Waals surface area contributed by atoms with Gasteiger partial charge in [0.2, 0.25) is 0 Å². The fourth-order valence-corrected chi connectivity index (χ4v) is 1.38. The van der Waals surface area contributed by atoms with E-state index < -0.39 is 0 Å². The molecule has 78 valence electrons. The first-order valence-corrected chi connectivity index (χ1v) is 4.86. The van der Waals surface area contributed by atoms with E-state index in [4.69, 9.17) is 11.6 Å². The lowest BCUT2D eigenvalue weighted by atomic mass is 10.2. The van der Waals surface area contributed by atoms with Gasteiger partial charge in [-0.2, -0.15) is 0 Å². The van der Waals surface area contributed by atoms with Crippen molar-refractivity contribution >= 4 is 29.1 Å². The zero-order valence-electron chi connectivity index (χ0n) is 7.87. The molecule has 2 rings (SSSR count). The van der Waals surface area contributed by atoms with E-state index in [-0.39, 0.29) is 24.9 Å². The van der Waals surface area contributed by atoms with Crippen LogP contribution in [0.1, 0.15) is 0 Å². The number of Topliss-reactive ketones (excluding diaryl/α,β-unsaturated/α-hetero) is 1. The zero-order valence-corrected chi connectivity index (χ0v) is 8.62. The van der Waals surface area contributed by atoms with Crippen molar-refractivity contribution < 1.29 is 9.59 Å². The summed E-state index contributed by atoms with van der Waals surface area (Å²) in [6.45, 7) is 0.416. The maximum Gasteiger partial charge on any atom is 0.322 e. The van der Waals surface area contributed by atoms with E-state index >= 15 is 0 Å². The number of halogens is 1. The molecule has 5 heteroatoms. The molecule has 1 aliphatic heterocycles. The van der Waals surface area contributed by atoms with Gasteiger partial charge in [0.05, 0.1) is 13.1 Å². The molecule has 1 saturated heterocycles. The van der Waals surface area contributed by atoms with Gasteiger partial charge in [-0.1, -0.05) is 11.6 Å². The fraction of sp³-hybridized carbons (Fsp3) is 0.200. The summed E-state index contributed by atoms with van der Waals surface area (Å²) in [6, 6.07) is 6.55. The molecular formula is C10H9ClN2O2. The van der Waals surface area contributed by atoms with Crippen LogP contribution in [0.4, 0.5) is 10.5 Å². The van der Waals surface area contributed by atoms with E-state index in [1.54, 1.807) is 24.3 Å². The Morgan fingerprint density at radius 2 is 1.87 bits per heavy atom. The topological polar surface area (TPSA) is 49.4 Å². The number of hydrogen-bond donors (Lipinski definition) is 1. The molecule has 1 heterocycles. The molecule has 1 aliphatic rings. The highest BCUT2D eigenvalue weighted by Gasteiger charge is 2.27. The zero-order chi connectivity index (χ0) is 10.8. The molecule has 0 aliphatic carbocycles. The third kappa shape index (κ3) is 2.27. The molecular weight excluding hydrogens is 216 g/mol. The fourth-order valence-electron chi connectivity index (χ4n) is 1.26. The number of anilines is 1. The first-order chi connectivity index (χ1) is 7.15. The predicted octanol–water partition coefficient (Wildman–Crippen LogP) is 1.76. The summed E-state index contributed by atoms with van der Waals surface area (Å²) in [5.41, 5.74) is 0.670. The number of hydrogen-bond acceptors (Lipinski definition) is 2. The number of ketones is 1. The monoisotopic (exact) mass is 224 g/mol. The van der Waals surface area contributed by atoms with E-state index in [0.29, 0.717) is 10.7 Å². The summed E-state index contributed by atoms with van der Waals surface area (Å²) in [7, 11) is 0. The molecule has 0 bridgehead atoms. The Hall–Kier alpha value is -1.55. The molecule has 0 spiro atoms. The van der Waals surface area contributed by atoms with Gasteiger partial charge < -0.3 is 10.2 Å². The lowest BCUT2D eigenvalue weighted by Crippen LogP contribution is -2.52. The normalized spacial score (nSPS) is 14.7. The van der Waals surface area contributed by atoms with Crippen LogP contribution in [0, 0.1) is 0 Å². The number of likely N-dealkylation sites (tertiary alicyclic amines) is 1. The van der Waals surface area contributed by atoms with Crippen molar-refractivity contribution in [2.24, 2.45) is 0 Å². The van der Waals surface area contributed by atoms with Gasteiger partial charge >= 0.3 is 6.03 Å². The molecule has 15 heavy (non-hydrogen) atoms. The largest absolute Gasteiger partial charge is 0.322 e. The number of nitrogens with zero attached hydrogens (tertiary/aromatic N) is 1. The van der Waals surface area contributed by atoms with Gasteiger partial charge in [-0.05, 0) is 24.3 Å². The highest BCUT2D eigenvalue weighted by Crippen LogP contribution is 2.14. The van der Waals surface area contributed by atoms with Crippen LogP contribution in [-0.4, -0.2) is 29.8 Å². The minimum atomic E-state index is -0.253. The quantitative estimate of drug-likeness (QED) is 0.790. The van der Waals surface area contributed by atoms with Crippen LogP contribution in [-0.2, 0) is 4.79 Å². The Labute approximate surface area is 91.8 Å². The van der Waals surface area contributed by atoms with Crippen molar-refractivity contribution in [1.82, 2.24) is 4.90 Å². The highest BCUT2D eigenvalue weighted by atomic mass is 35.5. The molecule has 1 aromatic carbocycles. The third-order valence-corrected chi connectivity index (χ3v) is 2.37. The maximum atomic E-state index is 11.5. The van der Waals surface area contributed by atoms with Gasteiger partial charge in [0.1, 0.15) is 0 Å². The molecule has 1 fully saturated rings. The van der Waals surface area contributed by atoms with E-state index in [9.17, 15) is 9.59 Å². The number of urea groups is 1. The van der Waals surface area contributed by atoms with Crippen molar-refractivity contribution in [1.29, 1.82) is 0 Å². The van der Waals surface area contributed by atoms with Crippen molar-refractivity contribution in [2.45, 2.75) is 0 Å². The molecule has 4 nitrogen and oxygen atoms in total. The van der Waals surface area contributed by atoms with Crippen LogP contribution in [0.25, 0.3) is 0 Å². The molecule has 2 amide bonds. The van der Waals surface area contributed by atoms with Gasteiger partial charge in [0.25, 0.3) is 0 Å². The second-order valence-corrected chi connectivity index (χ2v) is 3.77. The number of carbonyl (C=O) groups excluding carboxylic acids is 2. The van der Waals surface area contributed by atoms with Crippen LogP contribution >= 0.6 is 11.6 Å². The van der Waals surface area contributed by atoms with Crippen LogP contribution in [0.15, 0.2) is 24.3 Å². The number of carbonyl (C=O) groups is 2. The minimum Gasteiger partial charge on any atom is -0.310 e. The van der Waals surface area contributed by atoms with E-state index in [1.165, 1.54) is 4.90 Å². The summed E-state index contributed by atoms with van der Waals surface area (Å²) < 4.78 is 0. The molecule has 0 radical (unpaired) electrons. The molecule has 0 aromatic heterocycles. The Morgan fingerprint density at radius 3 is 2.40 bits per heavy atom. The lowest BCUT2D eigenvalue weighted by Gasteiger charge is -2.29. The number of benzene rings is 1. The average Bonchev–Trinajstić information content (AvgIpc) is 2.17. The van der Waals surface area contributed by atoms with Crippen molar-refractivity contribution in [3.05, 3.63) is 29.3 Å². The molecule has 0 saturated carbocycles. The van der Waals surface area contributed by atoms with Crippen LogP contribution < -0.4 is 5.32 Å².